The molecule has 3 heteroatoms. The summed E-state index contributed by atoms with van der Waals surface area (Å²) in [6.45, 7) is 2.18. The van der Waals surface area contributed by atoms with Crippen molar-refractivity contribution >= 4 is 32.9 Å². The summed E-state index contributed by atoms with van der Waals surface area (Å²) in [7, 11) is 2.15. The van der Waals surface area contributed by atoms with Gasteiger partial charge in [0.25, 0.3) is 5.01 Å². The van der Waals surface area contributed by atoms with E-state index in [0.29, 0.717) is 0 Å². The third-order valence-electron chi connectivity index (χ3n) is 2.79. The molecule has 2 aromatic heterocycles. The molecule has 0 aliphatic heterocycles. The molecule has 0 aliphatic rings. The van der Waals surface area contributed by atoms with Crippen LogP contribution in [-0.2, 0) is 7.05 Å². The van der Waals surface area contributed by atoms with Crippen molar-refractivity contribution < 1.29 is 4.57 Å². The summed E-state index contributed by atoms with van der Waals surface area (Å²) in [5.41, 5.74) is 2.68. The van der Waals surface area contributed by atoms with E-state index in [0.717, 1.165) is 0 Å². The molecule has 1 nitrogen and oxygen atoms in total. The van der Waals surface area contributed by atoms with Crippen LogP contribution in [0.5, 0.6) is 0 Å². The Labute approximate surface area is 103 Å². The minimum absolute atomic E-state index is 1.32. The smallest absolute Gasteiger partial charge is 0.184 e. The fraction of sp³-hybridized carbons (Fsp3) is 0.154. The molecule has 1 aromatic carbocycles. The van der Waals surface area contributed by atoms with Crippen LogP contribution in [0.25, 0.3) is 20.1 Å². The van der Waals surface area contributed by atoms with Gasteiger partial charge < -0.3 is 0 Å². The molecule has 0 spiro atoms. The molecular weight excluding hydrogens is 234 g/mol. The number of thiazole rings is 1. The van der Waals surface area contributed by atoms with Gasteiger partial charge in [-0.1, -0.05) is 23.5 Å². The van der Waals surface area contributed by atoms with Gasteiger partial charge in [0, 0.05) is 6.07 Å². The Hall–Kier alpha value is -1.19. The summed E-state index contributed by atoms with van der Waals surface area (Å²) in [6.07, 6.45) is 0. The van der Waals surface area contributed by atoms with E-state index in [4.69, 9.17) is 0 Å². The molecule has 2 heterocycles. The van der Waals surface area contributed by atoms with Gasteiger partial charge in [-0.25, -0.2) is 0 Å². The Morgan fingerprint density at radius 2 is 1.94 bits per heavy atom. The highest BCUT2D eigenvalue weighted by atomic mass is 32.1. The topological polar surface area (TPSA) is 3.88 Å². The molecule has 0 aliphatic carbocycles. The lowest BCUT2D eigenvalue weighted by Crippen LogP contribution is -2.28. The highest BCUT2D eigenvalue weighted by molar-refractivity contribution is 7.24. The van der Waals surface area contributed by atoms with Gasteiger partial charge in [-0.2, -0.15) is 4.57 Å². The number of hydrogen-bond donors (Lipinski definition) is 0. The molecule has 0 saturated heterocycles. The van der Waals surface area contributed by atoms with Crippen LogP contribution in [-0.4, -0.2) is 0 Å². The average Bonchev–Trinajstić information content (AvgIpc) is 2.84. The molecule has 3 aromatic rings. The van der Waals surface area contributed by atoms with Crippen LogP contribution in [0.3, 0.4) is 0 Å². The summed E-state index contributed by atoms with van der Waals surface area (Å²) >= 11 is 3.69. The SMILES string of the molecule is Cc1ccsc1-c1sc2ccccc2[n+]1C. The summed E-state index contributed by atoms with van der Waals surface area (Å²) in [5.74, 6) is 0. The molecule has 0 atom stereocenters. The van der Waals surface area contributed by atoms with E-state index in [9.17, 15) is 0 Å². The first-order chi connectivity index (χ1) is 7.77. The van der Waals surface area contributed by atoms with E-state index in [-0.39, 0.29) is 0 Å². The predicted molar refractivity (Wildman–Crippen MR) is 71.1 cm³/mol. The normalized spacial score (nSPS) is 11.1. The number of fused-ring (bicyclic) bond motifs is 1. The van der Waals surface area contributed by atoms with Gasteiger partial charge >= 0.3 is 0 Å². The maximum absolute atomic E-state index is 2.29. The maximum atomic E-state index is 2.29. The van der Waals surface area contributed by atoms with Crippen molar-refractivity contribution in [1.29, 1.82) is 0 Å². The Morgan fingerprint density at radius 3 is 2.62 bits per heavy atom. The standard InChI is InChI=1S/C13H12NS2/c1-9-7-8-15-12(9)13-14(2)10-5-3-4-6-11(10)16-13/h3-8H,1-2H3/q+1. The number of rotatable bonds is 1. The fourth-order valence-corrected chi connectivity index (χ4v) is 4.22. The number of aromatic nitrogens is 1. The van der Waals surface area contributed by atoms with E-state index in [1.54, 1.807) is 0 Å². The lowest BCUT2D eigenvalue weighted by atomic mass is 10.3. The first-order valence-corrected chi connectivity index (χ1v) is 6.89. The molecular formula is C13H12NS2+. The molecule has 0 saturated carbocycles. The van der Waals surface area contributed by atoms with Gasteiger partial charge in [0.2, 0.25) is 5.52 Å². The summed E-state index contributed by atoms with van der Waals surface area (Å²) < 4.78 is 3.64. The zero-order valence-corrected chi connectivity index (χ0v) is 10.9. The second-order valence-corrected chi connectivity index (χ2v) is 5.81. The second kappa shape index (κ2) is 3.68. The first-order valence-electron chi connectivity index (χ1n) is 5.19. The van der Waals surface area contributed by atoms with E-state index in [2.05, 4.69) is 54.3 Å². The number of para-hydroxylation sites is 1. The molecule has 0 bridgehead atoms. The Morgan fingerprint density at radius 1 is 1.12 bits per heavy atom. The van der Waals surface area contributed by atoms with Crippen LogP contribution in [0.1, 0.15) is 5.56 Å². The summed E-state index contributed by atoms with van der Waals surface area (Å²) in [6, 6.07) is 10.7. The van der Waals surface area contributed by atoms with Crippen molar-refractivity contribution in [3.63, 3.8) is 0 Å². The Kier molecular flexibility index (Phi) is 2.30. The van der Waals surface area contributed by atoms with E-state index in [1.165, 1.54) is 25.7 Å². The predicted octanol–water partition coefficient (Wildman–Crippen LogP) is 3.76. The van der Waals surface area contributed by atoms with Crippen molar-refractivity contribution in [2.75, 3.05) is 0 Å². The highest BCUT2D eigenvalue weighted by Crippen LogP contribution is 2.33. The minimum Gasteiger partial charge on any atom is -0.184 e. The maximum Gasteiger partial charge on any atom is 0.280 e. The number of hydrogen-bond acceptors (Lipinski definition) is 2. The number of nitrogens with zero attached hydrogens (tertiary/aromatic N) is 1. The molecule has 0 N–H and O–H groups in total. The van der Waals surface area contributed by atoms with Crippen molar-refractivity contribution in [2.24, 2.45) is 7.05 Å². The number of aryl methyl sites for hydroxylation is 2. The zero-order valence-electron chi connectivity index (χ0n) is 9.23. The van der Waals surface area contributed by atoms with Crippen molar-refractivity contribution in [2.45, 2.75) is 6.92 Å². The van der Waals surface area contributed by atoms with E-state index < -0.39 is 0 Å². The van der Waals surface area contributed by atoms with Crippen LogP contribution in [0, 0.1) is 6.92 Å². The van der Waals surface area contributed by atoms with Gasteiger partial charge in [0.1, 0.15) is 16.6 Å². The lowest BCUT2D eigenvalue weighted by molar-refractivity contribution is -0.629. The fourth-order valence-electron chi connectivity index (χ4n) is 1.89. The first kappa shape index (κ1) is 10.00. The Bertz CT molecular complexity index is 649. The van der Waals surface area contributed by atoms with Crippen LogP contribution < -0.4 is 4.57 Å². The van der Waals surface area contributed by atoms with E-state index in [1.807, 2.05) is 22.7 Å². The van der Waals surface area contributed by atoms with Crippen molar-refractivity contribution in [3.05, 3.63) is 41.3 Å². The monoisotopic (exact) mass is 246 g/mol. The zero-order chi connectivity index (χ0) is 11.1. The lowest BCUT2D eigenvalue weighted by Gasteiger charge is -1.91. The molecule has 16 heavy (non-hydrogen) atoms. The molecule has 0 radical (unpaired) electrons. The highest BCUT2D eigenvalue weighted by Gasteiger charge is 2.20. The molecule has 80 valence electrons. The van der Waals surface area contributed by atoms with Gasteiger partial charge in [-0.3, -0.25) is 0 Å². The molecule has 0 unspecified atom stereocenters. The third-order valence-corrected chi connectivity index (χ3v) is 5.18. The Balaban J connectivity index is 2.33. The van der Waals surface area contributed by atoms with Crippen LogP contribution in [0.2, 0.25) is 0 Å². The van der Waals surface area contributed by atoms with Crippen LogP contribution >= 0.6 is 22.7 Å². The van der Waals surface area contributed by atoms with Gasteiger partial charge in [0.05, 0.1) is 0 Å². The average molecular weight is 246 g/mol. The van der Waals surface area contributed by atoms with Gasteiger partial charge in [0.15, 0.2) is 0 Å². The van der Waals surface area contributed by atoms with Gasteiger partial charge in [-0.15, -0.1) is 11.3 Å². The quantitative estimate of drug-likeness (QED) is 0.576. The summed E-state index contributed by atoms with van der Waals surface area (Å²) in [5, 5.41) is 3.52. The molecule has 3 rings (SSSR count). The van der Waals surface area contributed by atoms with Crippen LogP contribution in [0.4, 0.5) is 0 Å². The summed E-state index contributed by atoms with van der Waals surface area (Å²) in [4.78, 5) is 1.39. The third kappa shape index (κ3) is 1.39. The van der Waals surface area contributed by atoms with Crippen molar-refractivity contribution in [1.82, 2.24) is 0 Å². The van der Waals surface area contributed by atoms with Crippen molar-refractivity contribution in [3.8, 4) is 9.88 Å². The number of benzene rings is 1. The number of thiophene rings is 1. The second-order valence-electron chi connectivity index (χ2n) is 3.87. The largest absolute Gasteiger partial charge is 0.280 e. The van der Waals surface area contributed by atoms with Crippen LogP contribution in [0.15, 0.2) is 35.7 Å². The molecule has 0 fully saturated rings. The van der Waals surface area contributed by atoms with E-state index >= 15 is 0 Å². The van der Waals surface area contributed by atoms with Gasteiger partial charge in [-0.05, 0) is 30.0 Å². The molecule has 0 amide bonds. The minimum atomic E-state index is 1.32.